The van der Waals surface area contributed by atoms with Gasteiger partial charge in [-0.25, -0.2) is 4.39 Å². The highest BCUT2D eigenvalue weighted by Gasteiger charge is 2.24. The number of ether oxygens (including phenoxy) is 1. The summed E-state index contributed by atoms with van der Waals surface area (Å²) in [5, 5.41) is 0. The number of rotatable bonds is 2. The van der Waals surface area contributed by atoms with E-state index in [1.807, 2.05) is 0 Å². The van der Waals surface area contributed by atoms with E-state index in [-0.39, 0.29) is 18.0 Å². The minimum absolute atomic E-state index is 0.0318. The van der Waals surface area contributed by atoms with Crippen molar-refractivity contribution in [2.45, 2.75) is 37.8 Å². The molecule has 82 valence electrons. The van der Waals surface area contributed by atoms with Gasteiger partial charge in [0.05, 0.1) is 0 Å². The van der Waals surface area contributed by atoms with Gasteiger partial charge in [0.1, 0.15) is 6.10 Å². The van der Waals surface area contributed by atoms with Crippen LogP contribution in [0.2, 0.25) is 0 Å². The smallest absolute Gasteiger partial charge is 0.165 e. The summed E-state index contributed by atoms with van der Waals surface area (Å²) in [5.74, 6) is 0.00937. The predicted octanol–water partition coefficient (Wildman–Crippen LogP) is 2.47. The highest BCUT2D eigenvalue weighted by molar-refractivity contribution is 5.24. The van der Waals surface area contributed by atoms with Gasteiger partial charge in [-0.15, -0.1) is 0 Å². The summed E-state index contributed by atoms with van der Waals surface area (Å²) in [6.07, 6.45) is 4.13. The third-order valence-electron chi connectivity index (χ3n) is 2.87. The monoisotopic (exact) mass is 209 g/mol. The summed E-state index contributed by atoms with van der Waals surface area (Å²) >= 11 is 0. The van der Waals surface area contributed by atoms with E-state index >= 15 is 0 Å². The van der Waals surface area contributed by atoms with Crippen molar-refractivity contribution in [1.29, 1.82) is 0 Å². The Hall–Kier alpha value is -1.09. The summed E-state index contributed by atoms with van der Waals surface area (Å²) < 4.78 is 18.9. The van der Waals surface area contributed by atoms with Crippen molar-refractivity contribution in [2.24, 2.45) is 5.73 Å². The Bertz CT molecular complexity index is 329. The van der Waals surface area contributed by atoms with Crippen molar-refractivity contribution < 1.29 is 9.13 Å². The van der Waals surface area contributed by atoms with Crippen LogP contribution >= 0.6 is 0 Å². The molecule has 15 heavy (non-hydrogen) atoms. The molecule has 2 rings (SSSR count). The first kappa shape index (κ1) is 10.4. The fraction of sp³-hybridized carbons (Fsp3) is 0.500. The molecule has 1 aliphatic carbocycles. The summed E-state index contributed by atoms with van der Waals surface area (Å²) in [5.41, 5.74) is 5.93. The number of benzene rings is 1. The zero-order chi connectivity index (χ0) is 10.7. The second-order valence-electron chi connectivity index (χ2n) is 4.04. The van der Waals surface area contributed by atoms with Crippen LogP contribution < -0.4 is 10.5 Å². The second-order valence-corrected chi connectivity index (χ2v) is 4.04. The number of halogens is 1. The summed E-state index contributed by atoms with van der Waals surface area (Å²) in [6, 6.07) is 6.52. The molecule has 0 saturated heterocycles. The van der Waals surface area contributed by atoms with Crippen LogP contribution in [-0.2, 0) is 0 Å². The van der Waals surface area contributed by atoms with Gasteiger partial charge in [0, 0.05) is 6.04 Å². The average molecular weight is 209 g/mol. The fourth-order valence-electron chi connectivity index (χ4n) is 1.98. The Labute approximate surface area is 89.2 Å². The van der Waals surface area contributed by atoms with Gasteiger partial charge in [-0.05, 0) is 31.4 Å². The van der Waals surface area contributed by atoms with E-state index in [1.165, 1.54) is 6.07 Å². The molecule has 2 atom stereocenters. The molecule has 3 heteroatoms. The number of hydrogen-bond donors (Lipinski definition) is 1. The van der Waals surface area contributed by atoms with Crippen molar-refractivity contribution in [3.63, 3.8) is 0 Å². The Morgan fingerprint density at radius 1 is 1.20 bits per heavy atom. The van der Waals surface area contributed by atoms with Gasteiger partial charge in [-0.3, -0.25) is 0 Å². The molecular weight excluding hydrogens is 193 g/mol. The van der Waals surface area contributed by atoms with Crippen molar-refractivity contribution in [2.75, 3.05) is 0 Å². The fourth-order valence-corrected chi connectivity index (χ4v) is 1.98. The first-order chi connectivity index (χ1) is 7.27. The molecule has 1 aromatic carbocycles. The molecule has 0 aromatic heterocycles. The minimum Gasteiger partial charge on any atom is -0.486 e. The second kappa shape index (κ2) is 4.62. The molecule has 0 unspecified atom stereocenters. The molecular formula is C12H16FNO. The van der Waals surface area contributed by atoms with Crippen LogP contribution in [0.25, 0.3) is 0 Å². The lowest BCUT2D eigenvalue weighted by atomic mass is 9.93. The first-order valence-electron chi connectivity index (χ1n) is 5.44. The highest BCUT2D eigenvalue weighted by atomic mass is 19.1. The zero-order valence-electron chi connectivity index (χ0n) is 8.66. The maximum absolute atomic E-state index is 13.3. The molecule has 1 fully saturated rings. The van der Waals surface area contributed by atoms with Crippen molar-refractivity contribution in [3.05, 3.63) is 30.1 Å². The molecule has 0 spiro atoms. The van der Waals surface area contributed by atoms with Crippen LogP contribution in [0.3, 0.4) is 0 Å². The first-order valence-corrected chi connectivity index (χ1v) is 5.44. The third kappa shape index (κ3) is 2.48. The van der Waals surface area contributed by atoms with Crippen LogP contribution in [0, 0.1) is 5.82 Å². The number of nitrogens with two attached hydrogens (primary N) is 1. The van der Waals surface area contributed by atoms with Crippen molar-refractivity contribution in [1.82, 2.24) is 0 Å². The van der Waals surface area contributed by atoms with Crippen LogP contribution in [0.4, 0.5) is 4.39 Å². The Kier molecular flexibility index (Phi) is 3.21. The lowest BCUT2D eigenvalue weighted by Gasteiger charge is -2.29. The lowest BCUT2D eigenvalue weighted by Crippen LogP contribution is -2.41. The Balaban J connectivity index is 2.04. The van der Waals surface area contributed by atoms with Crippen molar-refractivity contribution >= 4 is 0 Å². The number of hydrogen-bond acceptors (Lipinski definition) is 2. The zero-order valence-corrected chi connectivity index (χ0v) is 8.66. The molecule has 0 bridgehead atoms. The van der Waals surface area contributed by atoms with E-state index in [0.717, 1.165) is 25.7 Å². The van der Waals surface area contributed by atoms with E-state index in [0.29, 0.717) is 5.75 Å². The van der Waals surface area contributed by atoms with Gasteiger partial charge in [0.15, 0.2) is 11.6 Å². The average Bonchev–Trinajstić information content (AvgIpc) is 2.24. The van der Waals surface area contributed by atoms with E-state index in [4.69, 9.17) is 10.5 Å². The van der Waals surface area contributed by atoms with Gasteiger partial charge in [-0.2, -0.15) is 0 Å². The van der Waals surface area contributed by atoms with E-state index in [2.05, 4.69) is 0 Å². The summed E-state index contributed by atoms with van der Waals surface area (Å²) in [4.78, 5) is 0. The SMILES string of the molecule is N[C@H]1CCCC[C@@H]1Oc1ccccc1F. The van der Waals surface area contributed by atoms with Gasteiger partial charge in [0.25, 0.3) is 0 Å². The normalized spacial score (nSPS) is 26.3. The van der Waals surface area contributed by atoms with Gasteiger partial charge in [-0.1, -0.05) is 18.6 Å². The Morgan fingerprint density at radius 3 is 2.67 bits per heavy atom. The van der Waals surface area contributed by atoms with E-state index in [9.17, 15) is 4.39 Å². The van der Waals surface area contributed by atoms with Crippen LogP contribution in [0.1, 0.15) is 25.7 Å². The van der Waals surface area contributed by atoms with E-state index < -0.39 is 0 Å². The van der Waals surface area contributed by atoms with Crippen LogP contribution in [0.5, 0.6) is 5.75 Å². The van der Waals surface area contributed by atoms with E-state index in [1.54, 1.807) is 18.2 Å². The molecule has 0 amide bonds. The largest absolute Gasteiger partial charge is 0.486 e. The molecule has 1 saturated carbocycles. The Morgan fingerprint density at radius 2 is 1.93 bits per heavy atom. The van der Waals surface area contributed by atoms with Crippen molar-refractivity contribution in [3.8, 4) is 5.75 Å². The maximum Gasteiger partial charge on any atom is 0.165 e. The highest BCUT2D eigenvalue weighted by Crippen LogP contribution is 2.24. The lowest BCUT2D eigenvalue weighted by molar-refractivity contribution is 0.127. The van der Waals surface area contributed by atoms with Crippen LogP contribution in [0.15, 0.2) is 24.3 Å². The molecule has 1 aliphatic rings. The quantitative estimate of drug-likeness (QED) is 0.812. The maximum atomic E-state index is 13.3. The van der Waals surface area contributed by atoms with Gasteiger partial charge >= 0.3 is 0 Å². The molecule has 0 aliphatic heterocycles. The molecule has 2 nitrogen and oxygen atoms in total. The standard InChI is InChI=1S/C12H16FNO/c13-9-5-1-3-7-11(9)15-12-8-4-2-6-10(12)14/h1,3,5,7,10,12H,2,4,6,8,14H2/t10-,12-/m0/s1. The summed E-state index contributed by atoms with van der Waals surface area (Å²) in [7, 11) is 0. The summed E-state index contributed by atoms with van der Waals surface area (Å²) in [6.45, 7) is 0. The third-order valence-corrected chi connectivity index (χ3v) is 2.87. The van der Waals surface area contributed by atoms with Crippen LogP contribution in [-0.4, -0.2) is 12.1 Å². The molecule has 2 N–H and O–H groups in total. The predicted molar refractivity (Wildman–Crippen MR) is 57.3 cm³/mol. The molecule has 1 aromatic rings. The van der Waals surface area contributed by atoms with Gasteiger partial charge in [0.2, 0.25) is 0 Å². The topological polar surface area (TPSA) is 35.2 Å². The molecule has 0 heterocycles. The minimum atomic E-state index is -0.310. The number of para-hydroxylation sites is 1. The molecule has 0 radical (unpaired) electrons. The van der Waals surface area contributed by atoms with Gasteiger partial charge < -0.3 is 10.5 Å².